The summed E-state index contributed by atoms with van der Waals surface area (Å²) in [6.07, 6.45) is 0. The normalized spacial score (nSPS) is 13.2. The Morgan fingerprint density at radius 1 is 1.20 bits per heavy atom. The van der Waals surface area contributed by atoms with E-state index >= 15 is 0 Å². The van der Waals surface area contributed by atoms with E-state index in [-0.39, 0.29) is 0 Å². The molecule has 1 heterocycles. The molecule has 1 aromatic heterocycles. The largest absolute Gasteiger partial charge is 0.308 e. The van der Waals surface area contributed by atoms with Gasteiger partial charge in [-0.15, -0.1) is 11.3 Å². The summed E-state index contributed by atoms with van der Waals surface area (Å²) in [5, 5.41) is 5.08. The van der Waals surface area contributed by atoms with Crippen LogP contribution in [0.5, 0.6) is 0 Å². The van der Waals surface area contributed by atoms with Crippen LogP contribution in [-0.4, -0.2) is 31.1 Å². The number of nitrogens with zero attached hydrogens (tertiary/aromatic N) is 1. The van der Waals surface area contributed by atoms with E-state index < -0.39 is 0 Å². The predicted octanol–water partition coefficient (Wildman–Crippen LogP) is 4.20. The minimum absolute atomic E-state index is 0.433. The molecular weight excluding hydrogens is 264 g/mol. The molecule has 3 heteroatoms. The van der Waals surface area contributed by atoms with Crippen LogP contribution in [0.1, 0.15) is 37.3 Å². The van der Waals surface area contributed by atoms with Crippen molar-refractivity contribution < 1.29 is 0 Å². The van der Waals surface area contributed by atoms with Gasteiger partial charge in [0.1, 0.15) is 0 Å². The second-order valence-electron chi connectivity index (χ2n) is 5.29. The third kappa shape index (κ3) is 3.40. The van der Waals surface area contributed by atoms with Crippen molar-refractivity contribution in [2.75, 3.05) is 26.2 Å². The maximum Gasteiger partial charge on any atom is 0.0389 e. The molecule has 2 aromatic rings. The van der Waals surface area contributed by atoms with E-state index in [1.807, 2.05) is 11.3 Å². The van der Waals surface area contributed by atoms with Gasteiger partial charge < -0.3 is 10.2 Å². The minimum atomic E-state index is 0.433. The van der Waals surface area contributed by atoms with Gasteiger partial charge in [-0.1, -0.05) is 32.0 Å². The van der Waals surface area contributed by atoms with Gasteiger partial charge >= 0.3 is 0 Å². The molecule has 1 atom stereocenters. The van der Waals surface area contributed by atoms with Gasteiger partial charge in [0.2, 0.25) is 0 Å². The highest BCUT2D eigenvalue weighted by molar-refractivity contribution is 7.19. The van der Waals surface area contributed by atoms with E-state index in [1.165, 1.54) is 20.5 Å². The zero-order chi connectivity index (χ0) is 14.5. The fourth-order valence-corrected chi connectivity index (χ4v) is 3.92. The Morgan fingerprint density at radius 2 is 1.90 bits per heavy atom. The van der Waals surface area contributed by atoms with Gasteiger partial charge in [-0.05, 0) is 44.0 Å². The number of fused-ring (bicyclic) bond motifs is 1. The molecule has 0 aliphatic carbocycles. The minimum Gasteiger partial charge on any atom is -0.308 e. The molecule has 1 unspecified atom stereocenters. The first-order chi connectivity index (χ1) is 9.67. The van der Waals surface area contributed by atoms with Crippen molar-refractivity contribution in [3.8, 4) is 0 Å². The van der Waals surface area contributed by atoms with E-state index in [0.717, 1.165) is 26.2 Å². The van der Waals surface area contributed by atoms with Crippen LogP contribution in [0.3, 0.4) is 0 Å². The Bertz CT molecular complexity index is 543. The van der Waals surface area contributed by atoms with Gasteiger partial charge in [-0.3, -0.25) is 0 Å². The van der Waals surface area contributed by atoms with E-state index in [9.17, 15) is 0 Å². The molecule has 20 heavy (non-hydrogen) atoms. The van der Waals surface area contributed by atoms with Gasteiger partial charge in [0.05, 0.1) is 0 Å². The summed E-state index contributed by atoms with van der Waals surface area (Å²) in [7, 11) is 0. The van der Waals surface area contributed by atoms with Gasteiger partial charge in [0, 0.05) is 28.7 Å². The molecule has 0 radical (unpaired) electrons. The number of nitrogens with one attached hydrogen (secondary N) is 1. The Balaban J connectivity index is 2.00. The molecule has 1 aromatic carbocycles. The summed E-state index contributed by atoms with van der Waals surface area (Å²) in [5.41, 5.74) is 1.44. The zero-order valence-corrected chi connectivity index (χ0v) is 13.9. The lowest BCUT2D eigenvalue weighted by molar-refractivity contribution is 0.298. The number of hydrogen-bond acceptors (Lipinski definition) is 3. The van der Waals surface area contributed by atoms with Crippen molar-refractivity contribution in [2.24, 2.45) is 0 Å². The van der Waals surface area contributed by atoms with Gasteiger partial charge in [0.25, 0.3) is 0 Å². The van der Waals surface area contributed by atoms with Gasteiger partial charge in [0.15, 0.2) is 0 Å². The first-order valence-corrected chi connectivity index (χ1v) is 8.42. The van der Waals surface area contributed by atoms with Crippen molar-refractivity contribution in [2.45, 2.75) is 33.7 Å². The number of aryl methyl sites for hydroxylation is 1. The lowest BCUT2D eigenvalue weighted by atomic mass is 10.1. The SMILES string of the molecule is CCN(CC)CCNC(C)c1sc2ccccc2c1C. The van der Waals surface area contributed by atoms with Crippen LogP contribution < -0.4 is 5.32 Å². The molecule has 0 amide bonds. The number of benzene rings is 1. The van der Waals surface area contributed by atoms with Gasteiger partial charge in [-0.25, -0.2) is 0 Å². The summed E-state index contributed by atoms with van der Waals surface area (Å²) < 4.78 is 1.40. The second-order valence-corrected chi connectivity index (χ2v) is 6.37. The summed E-state index contributed by atoms with van der Waals surface area (Å²) in [5.74, 6) is 0. The molecule has 0 saturated carbocycles. The first kappa shape index (κ1) is 15.5. The monoisotopic (exact) mass is 290 g/mol. The van der Waals surface area contributed by atoms with E-state index in [1.54, 1.807) is 0 Å². The lowest BCUT2D eigenvalue weighted by Gasteiger charge is -2.20. The van der Waals surface area contributed by atoms with Crippen molar-refractivity contribution >= 4 is 21.4 Å². The Morgan fingerprint density at radius 3 is 2.55 bits per heavy atom. The van der Waals surface area contributed by atoms with Crippen LogP contribution in [0, 0.1) is 6.92 Å². The molecule has 0 saturated heterocycles. The second kappa shape index (κ2) is 7.21. The summed E-state index contributed by atoms with van der Waals surface area (Å²) >= 11 is 1.93. The smallest absolute Gasteiger partial charge is 0.0389 e. The molecule has 110 valence electrons. The average Bonchev–Trinajstić information content (AvgIpc) is 2.81. The predicted molar refractivity (Wildman–Crippen MR) is 90.8 cm³/mol. The molecule has 0 aliphatic rings. The summed E-state index contributed by atoms with van der Waals surface area (Å²) in [6.45, 7) is 13.4. The topological polar surface area (TPSA) is 15.3 Å². The van der Waals surface area contributed by atoms with Crippen LogP contribution in [0.4, 0.5) is 0 Å². The molecule has 0 fully saturated rings. The van der Waals surface area contributed by atoms with Crippen molar-refractivity contribution in [3.05, 3.63) is 34.7 Å². The highest BCUT2D eigenvalue weighted by Crippen LogP contribution is 2.34. The van der Waals surface area contributed by atoms with Gasteiger partial charge in [-0.2, -0.15) is 0 Å². The number of hydrogen-bond donors (Lipinski definition) is 1. The molecule has 0 spiro atoms. The fraction of sp³-hybridized carbons (Fsp3) is 0.529. The summed E-state index contributed by atoms with van der Waals surface area (Å²) in [4.78, 5) is 3.93. The number of likely N-dealkylation sites (N-methyl/N-ethyl adjacent to an activating group) is 1. The highest BCUT2D eigenvalue weighted by Gasteiger charge is 2.13. The average molecular weight is 290 g/mol. The molecule has 2 nitrogen and oxygen atoms in total. The molecule has 0 aliphatic heterocycles. The third-order valence-electron chi connectivity index (χ3n) is 4.05. The number of thiophene rings is 1. The van der Waals surface area contributed by atoms with E-state index in [2.05, 4.69) is 62.2 Å². The van der Waals surface area contributed by atoms with E-state index in [0.29, 0.717) is 6.04 Å². The van der Waals surface area contributed by atoms with Crippen LogP contribution in [0.25, 0.3) is 10.1 Å². The van der Waals surface area contributed by atoms with E-state index in [4.69, 9.17) is 0 Å². The van der Waals surface area contributed by atoms with Crippen LogP contribution in [0.15, 0.2) is 24.3 Å². The van der Waals surface area contributed by atoms with Crippen molar-refractivity contribution in [3.63, 3.8) is 0 Å². The Kier molecular flexibility index (Phi) is 5.58. The molecule has 2 rings (SSSR count). The van der Waals surface area contributed by atoms with Crippen molar-refractivity contribution in [1.82, 2.24) is 10.2 Å². The Labute approximate surface area is 126 Å². The standard InChI is InChI=1S/C17H26N2S/c1-5-19(6-2)12-11-18-14(4)17-13(3)15-9-7-8-10-16(15)20-17/h7-10,14,18H,5-6,11-12H2,1-4H3. The lowest BCUT2D eigenvalue weighted by Crippen LogP contribution is -2.32. The quantitative estimate of drug-likeness (QED) is 0.822. The third-order valence-corrected chi connectivity index (χ3v) is 5.50. The van der Waals surface area contributed by atoms with Crippen LogP contribution >= 0.6 is 11.3 Å². The first-order valence-electron chi connectivity index (χ1n) is 7.61. The maximum absolute atomic E-state index is 3.67. The van der Waals surface area contributed by atoms with Crippen LogP contribution in [0.2, 0.25) is 0 Å². The molecule has 1 N–H and O–H groups in total. The fourth-order valence-electron chi connectivity index (χ4n) is 2.68. The maximum atomic E-state index is 3.67. The Hall–Kier alpha value is -0.900. The molecular formula is C17H26N2S. The zero-order valence-electron chi connectivity index (χ0n) is 13.1. The number of rotatable bonds is 7. The summed E-state index contributed by atoms with van der Waals surface area (Å²) in [6, 6.07) is 9.14. The van der Waals surface area contributed by atoms with Crippen LogP contribution in [-0.2, 0) is 0 Å². The highest BCUT2D eigenvalue weighted by atomic mass is 32.1. The van der Waals surface area contributed by atoms with Crippen molar-refractivity contribution in [1.29, 1.82) is 0 Å². The molecule has 0 bridgehead atoms.